The fourth-order valence-electron chi connectivity index (χ4n) is 4.45. The third-order valence-electron chi connectivity index (χ3n) is 6.29. The number of likely N-dealkylation sites (tertiary alicyclic amines) is 1. The molecule has 0 N–H and O–H groups in total. The van der Waals surface area contributed by atoms with Crippen molar-refractivity contribution in [2.75, 3.05) is 19.6 Å². The molecule has 1 aliphatic heterocycles. The molecule has 3 aromatic heterocycles. The molecule has 194 valence electrons. The number of pyridine rings is 1. The largest absolute Gasteiger partial charge is 0.573 e. The molecule has 0 aliphatic carbocycles. The first-order valence-corrected chi connectivity index (χ1v) is 12.2. The Labute approximate surface area is 212 Å². The summed E-state index contributed by atoms with van der Waals surface area (Å²) in [6, 6.07) is 11.2. The van der Waals surface area contributed by atoms with Crippen LogP contribution in [-0.4, -0.2) is 55.8 Å². The highest BCUT2D eigenvalue weighted by molar-refractivity contribution is 5.58. The summed E-state index contributed by atoms with van der Waals surface area (Å²) in [5.41, 5.74) is 4.13. The third kappa shape index (κ3) is 6.53. The Morgan fingerprint density at radius 3 is 2.59 bits per heavy atom. The average molecular weight is 513 g/mol. The van der Waals surface area contributed by atoms with Crippen LogP contribution in [0.3, 0.4) is 0 Å². The van der Waals surface area contributed by atoms with Crippen LogP contribution in [0.4, 0.5) is 13.2 Å². The van der Waals surface area contributed by atoms with Gasteiger partial charge in [0, 0.05) is 23.1 Å². The average Bonchev–Trinajstić information content (AvgIpc) is 3.61. The minimum Gasteiger partial charge on any atom is -0.406 e. The van der Waals surface area contributed by atoms with Crippen molar-refractivity contribution >= 4 is 0 Å². The fourth-order valence-corrected chi connectivity index (χ4v) is 4.45. The Morgan fingerprint density at radius 2 is 1.84 bits per heavy atom. The number of aromatic nitrogens is 5. The zero-order chi connectivity index (χ0) is 25.8. The number of aryl methyl sites for hydroxylation is 2. The molecule has 0 amide bonds. The summed E-state index contributed by atoms with van der Waals surface area (Å²) in [5.74, 6) is 0.151. The monoisotopic (exact) mass is 512 g/mol. The minimum atomic E-state index is -4.75. The van der Waals surface area contributed by atoms with E-state index in [-0.39, 0.29) is 17.5 Å². The summed E-state index contributed by atoms with van der Waals surface area (Å²) in [7, 11) is 0. The van der Waals surface area contributed by atoms with Crippen molar-refractivity contribution in [1.29, 1.82) is 0 Å². The number of ether oxygens (including phenoxy) is 1. The molecule has 4 heterocycles. The zero-order valence-corrected chi connectivity index (χ0v) is 20.4. The highest BCUT2D eigenvalue weighted by Gasteiger charge is 2.31. The molecule has 0 bridgehead atoms. The normalized spacial score (nSPS) is 14.4. The molecule has 0 radical (unpaired) electrons. The van der Waals surface area contributed by atoms with Gasteiger partial charge in [0.1, 0.15) is 5.75 Å². The van der Waals surface area contributed by atoms with E-state index >= 15 is 0 Å². The Hall–Kier alpha value is -3.73. The van der Waals surface area contributed by atoms with Crippen molar-refractivity contribution in [3.05, 3.63) is 65.6 Å². The molecule has 8 nitrogen and oxygen atoms in total. The first-order valence-electron chi connectivity index (χ1n) is 12.2. The first-order chi connectivity index (χ1) is 17.8. The Morgan fingerprint density at radius 1 is 1.05 bits per heavy atom. The maximum atomic E-state index is 12.4. The molecule has 37 heavy (non-hydrogen) atoms. The molecule has 1 aliphatic rings. The van der Waals surface area contributed by atoms with Gasteiger partial charge < -0.3 is 14.2 Å². The Balaban J connectivity index is 1.23. The number of nitrogens with zero attached hydrogens (tertiary/aromatic N) is 6. The van der Waals surface area contributed by atoms with Gasteiger partial charge in [-0.3, -0.25) is 9.67 Å². The van der Waals surface area contributed by atoms with Gasteiger partial charge >= 0.3 is 6.36 Å². The molecule has 1 fully saturated rings. The Kier molecular flexibility index (Phi) is 7.22. The third-order valence-corrected chi connectivity index (χ3v) is 6.29. The van der Waals surface area contributed by atoms with Crippen LogP contribution >= 0.6 is 0 Å². The van der Waals surface area contributed by atoms with Gasteiger partial charge in [-0.05, 0) is 100 Å². The summed E-state index contributed by atoms with van der Waals surface area (Å²) in [6.07, 6.45) is 1.74. The smallest absolute Gasteiger partial charge is 0.406 e. The van der Waals surface area contributed by atoms with Crippen molar-refractivity contribution in [3.63, 3.8) is 0 Å². The molecule has 1 saturated heterocycles. The van der Waals surface area contributed by atoms with Crippen molar-refractivity contribution in [3.8, 4) is 28.7 Å². The summed E-state index contributed by atoms with van der Waals surface area (Å²) < 4.78 is 48.3. The van der Waals surface area contributed by atoms with Crippen LogP contribution in [0.5, 0.6) is 5.75 Å². The maximum absolute atomic E-state index is 12.4. The number of alkyl halides is 3. The lowest BCUT2D eigenvalue weighted by Crippen LogP contribution is -2.20. The van der Waals surface area contributed by atoms with E-state index in [0.29, 0.717) is 17.8 Å². The van der Waals surface area contributed by atoms with Gasteiger partial charge in [0.15, 0.2) is 5.69 Å². The molecule has 4 aromatic rings. The lowest BCUT2D eigenvalue weighted by atomic mass is 10.1. The molecule has 0 spiro atoms. The van der Waals surface area contributed by atoms with Gasteiger partial charge in [-0.25, -0.2) is 0 Å². The van der Waals surface area contributed by atoms with E-state index in [1.54, 1.807) is 0 Å². The van der Waals surface area contributed by atoms with E-state index in [0.717, 1.165) is 36.3 Å². The van der Waals surface area contributed by atoms with E-state index in [1.807, 2.05) is 29.9 Å². The molecule has 0 saturated carbocycles. The summed E-state index contributed by atoms with van der Waals surface area (Å²) in [6.45, 7) is 6.06. The van der Waals surface area contributed by atoms with E-state index in [2.05, 4.69) is 35.9 Å². The maximum Gasteiger partial charge on any atom is 0.573 e. The van der Waals surface area contributed by atoms with E-state index in [1.165, 1.54) is 50.2 Å². The molecule has 0 unspecified atom stereocenters. The summed E-state index contributed by atoms with van der Waals surface area (Å²) in [4.78, 5) is 11.4. The van der Waals surface area contributed by atoms with Crippen LogP contribution in [0, 0.1) is 6.92 Å². The van der Waals surface area contributed by atoms with Crippen molar-refractivity contribution in [1.82, 2.24) is 29.8 Å². The van der Waals surface area contributed by atoms with Gasteiger partial charge in [0.2, 0.25) is 5.82 Å². The second-order valence-electron chi connectivity index (χ2n) is 9.13. The van der Waals surface area contributed by atoms with E-state index < -0.39 is 6.36 Å². The molecule has 1 aromatic carbocycles. The van der Waals surface area contributed by atoms with Crippen LogP contribution in [0.2, 0.25) is 0 Å². The highest BCUT2D eigenvalue weighted by Crippen LogP contribution is 2.27. The number of benzene rings is 1. The Bertz CT molecular complexity index is 1330. The van der Waals surface area contributed by atoms with Crippen LogP contribution in [-0.2, 0) is 13.0 Å². The number of rotatable bonds is 9. The first kappa shape index (κ1) is 24.9. The van der Waals surface area contributed by atoms with Crippen LogP contribution in [0.25, 0.3) is 23.0 Å². The van der Waals surface area contributed by atoms with E-state index in [4.69, 9.17) is 4.52 Å². The van der Waals surface area contributed by atoms with Crippen molar-refractivity contribution < 1.29 is 22.4 Å². The van der Waals surface area contributed by atoms with E-state index in [9.17, 15) is 13.2 Å². The van der Waals surface area contributed by atoms with Crippen molar-refractivity contribution in [2.45, 2.75) is 45.5 Å². The second-order valence-corrected chi connectivity index (χ2v) is 9.13. The molecule has 5 rings (SSSR count). The SMILES string of the molecule is Cc1cc(-c2nc(-c3ccc(OC(F)(F)F)cc3)no2)nn1Cc1ccnc(CCCN2CCCC2)c1. The van der Waals surface area contributed by atoms with Crippen LogP contribution in [0.15, 0.2) is 53.2 Å². The van der Waals surface area contributed by atoms with Gasteiger partial charge in [-0.1, -0.05) is 5.16 Å². The standard InChI is InChI=1S/C26H27F3N6O2/c1-18-15-23(25-31-24(33-37-25)20-6-8-22(9-7-20)36-26(27,28)29)32-35(18)17-19-10-11-30-21(16-19)5-4-14-34-12-2-3-13-34/h6-11,15-16H,2-5,12-14,17H2,1H3. The van der Waals surface area contributed by atoms with Gasteiger partial charge in [-0.15, -0.1) is 13.2 Å². The highest BCUT2D eigenvalue weighted by atomic mass is 19.4. The summed E-state index contributed by atoms with van der Waals surface area (Å²) in [5, 5.41) is 8.58. The minimum absolute atomic E-state index is 0.227. The fraction of sp³-hybridized carbons (Fsp3) is 0.385. The summed E-state index contributed by atoms with van der Waals surface area (Å²) >= 11 is 0. The van der Waals surface area contributed by atoms with Crippen molar-refractivity contribution in [2.24, 2.45) is 0 Å². The number of hydrogen-bond acceptors (Lipinski definition) is 7. The quantitative estimate of drug-likeness (QED) is 0.302. The molecular weight excluding hydrogens is 485 g/mol. The van der Waals surface area contributed by atoms with Crippen LogP contribution in [0.1, 0.15) is 36.2 Å². The number of halogens is 3. The molecule has 11 heteroatoms. The predicted octanol–water partition coefficient (Wildman–Crippen LogP) is 5.28. The lowest BCUT2D eigenvalue weighted by Gasteiger charge is -2.14. The van der Waals surface area contributed by atoms with Gasteiger partial charge in [0.05, 0.1) is 6.54 Å². The zero-order valence-electron chi connectivity index (χ0n) is 20.4. The topological polar surface area (TPSA) is 82.1 Å². The van der Waals surface area contributed by atoms with Gasteiger partial charge in [0.25, 0.3) is 5.89 Å². The molecule has 0 atom stereocenters. The number of hydrogen-bond donors (Lipinski definition) is 0. The van der Waals surface area contributed by atoms with Crippen LogP contribution < -0.4 is 4.74 Å². The second kappa shape index (κ2) is 10.7. The molecular formula is C26H27F3N6O2. The predicted molar refractivity (Wildman–Crippen MR) is 130 cm³/mol. The van der Waals surface area contributed by atoms with Gasteiger partial charge in [-0.2, -0.15) is 10.1 Å². The lowest BCUT2D eigenvalue weighted by molar-refractivity contribution is -0.274.